The van der Waals surface area contributed by atoms with Crippen molar-refractivity contribution in [3.63, 3.8) is 0 Å². The molecule has 0 saturated heterocycles. The van der Waals surface area contributed by atoms with E-state index in [4.69, 9.17) is 0 Å². The molecule has 0 aromatic heterocycles. The molecular formula is C35H51F2NO2. The quantitative estimate of drug-likeness (QED) is 0.126. The minimum atomic E-state index is -2.53. The summed E-state index contributed by atoms with van der Waals surface area (Å²) >= 11 is 0. The molecule has 0 unspecified atom stereocenters. The summed E-state index contributed by atoms with van der Waals surface area (Å²) in [5.74, 6) is -2.69. The van der Waals surface area contributed by atoms with Crippen LogP contribution < -0.4 is 5.32 Å². The number of unbranched alkanes of at least 4 members (excludes halogenated alkanes) is 8. The Balaban J connectivity index is 1.77. The molecule has 0 heterocycles. The third-order valence-corrected chi connectivity index (χ3v) is 7.64. The van der Waals surface area contributed by atoms with Gasteiger partial charge in [0.15, 0.2) is 0 Å². The maximum Gasteiger partial charge on any atom is 0.248 e. The van der Waals surface area contributed by atoms with E-state index in [1.807, 2.05) is 86.7 Å². The highest BCUT2D eigenvalue weighted by molar-refractivity contribution is 5.78. The van der Waals surface area contributed by atoms with Gasteiger partial charge < -0.3 is 10.4 Å². The van der Waals surface area contributed by atoms with E-state index in [0.29, 0.717) is 12.8 Å². The van der Waals surface area contributed by atoms with E-state index in [0.717, 1.165) is 62.5 Å². The topological polar surface area (TPSA) is 49.3 Å². The average molecular weight is 556 g/mol. The smallest absolute Gasteiger partial charge is 0.248 e. The molecule has 0 aliphatic heterocycles. The lowest BCUT2D eigenvalue weighted by atomic mass is 9.76. The molecule has 40 heavy (non-hydrogen) atoms. The Bertz CT molecular complexity index is 936. The molecule has 2 aromatic rings. The molecule has 2 aromatic carbocycles. The number of carbonyl (C=O) groups is 1. The van der Waals surface area contributed by atoms with Gasteiger partial charge in [-0.05, 0) is 42.7 Å². The third-order valence-electron chi connectivity index (χ3n) is 7.64. The molecule has 3 nitrogen and oxygen atoms in total. The highest BCUT2D eigenvalue weighted by Gasteiger charge is 2.42. The number of allylic oxidation sites excluding steroid dienone is 1. The average Bonchev–Trinajstić information content (AvgIpc) is 2.95. The lowest BCUT2D eigenvalue weighted by Gasteiger charge is -2.40. The van der Waals surface area contributed by atoms with Crippen LogP contribution in [-0.4, -0.2) is 23.0 Å². The first-order valence-corrected chi connectivity index (χ1v) is 15.4. The standard InChI is InChI=1S/C35H51F2NO2/c1-4-5-6-11-20-27-34(36,37)28-21-12-9-7-8-10-19-26-32(39)38-33(29(2)3)35(40,30-22-15-13-16-23-30)31-24-17-14-18-25-31/h10,13-19,22-25,29,33,40H,4-9,11-12,20-21,26-28H2,1-3H3,(H,38,39)/b19-10+/t33-/m0/s1. The third kappa shape index (κ3) is 11.5. The van der Waals surface area contributed by atoms with Gasteiger partial charge in [-0.1, -0.05) is 132 Å². The molecule has 2 rings (SSSR count). The maximum atomic E-state index is 14.0. The van der Waals surface area contributed by atoms with Gasteiger partial charge in [0.25, 0.3) is 0 Å². The summed E-state index contributed by atoms with van der Waals surface area (Å²) in [6.07, 6.45) is 13.0. The Hall–Kier alpha value is -2.53. The van der Waals surface area contributed by atoms with Gasteiger partial charge in [-0.15, -0.1) is 0 Å². The van der Waals surface area contributed by atoms with Crippen molar-refractivity contribution in [3.05, 3.63) is 83.9 Å². The van der Waals surface area contributed by atoms with Crippen LogP contribution in [0.15, 0.2) is 72.8 Å². The van der Waals surface area contributed by atoms with Gasteiger partial charge in [0.05, 0.1) is 6.04 Å². The summed E-state index contributed by atoms with van der Waals surface area (Å²) in [6.45, 7) is 6.13. The Morgan fingerprint density at radius 2 is 1.30 bits per heavy atom. The number of alkyl halides is 2. The Morgan fingerprint density at radius 1 is 0.800 bits per heavy atom. The van der Waals surface area contributed by atoms with Crippen molar-refractivity contribution in [2.75, 3.05) is 0 Å². The number of amides is 1. The second-order valence-electron chi connectivity index (χ2n) is 11.4. The summed E-state index contributed by atoms with van der Waals surface area (Å²) in [6, 6.07) is 18.5. The number of carbonyl (C=O) groups excluding carboxylic acids is 1. The van der Waals surface area contributed by atoms with Crippen LogP contribution in [0.25, 0.3) is 0 Å². The number of aliphatic hydroxyl groups is 1. The summed E-state index contributed by atoms with van der Waals surface area (Å²) < 4.78 is 28.1. The van der Waals surface area contributed by atoms with Crippen LogP contribution in [0, 0.1) is 5.92 Å². The number of halogens is 2. The van der Waals surface area contributed by atoms with E-state index in [2.05, 4.69) is 12.2 Å². The number of hydrogen-bond donors (Lipinski definition) is 2. The van der Waals surface area contributed by atoms with Crippen LogP contribution >= 0.6 is 0 Å². The van der Waals surface area contributed by atoms with Crippen molar-refractivity contribution in [2.24, 2.45) is 5.92 Å². The molecule has 0 saturated carbocycles. The first-order valence-electron chi connectivity index (χ1n) is 15.4. The lowest BCUT2D eigenvalue weighted by Crippen LogP contribution is -2.54. The highest BCUT2D eigenvalue weighted by Crippen LogP contribution is 2.36. The summed E-state index contributed by atoms with van der Waals surface area (Å²) in [4.78, 5) is 12.9. The Labute approximate surface area is 241 Å². The van der Waals surface area contributed by atoms with Crippen molar-refractivity contribution < 1.29 is 18.7 Å². The van der Waals surface area contributed by atoms with Crippen LogP contribution in [0.3, 0.4) is 0 Å². The van der Waals surface area contributed by atoms with E-state index < -0.39 is 17.6 Å². The second-order valence-corrected chi connectivity index (χ2v) is 11.4. The number of rotatable bonds is 20. The monoisotopic (exact) mass is 555 g/mol. The van der Waals surface area contributed by atoms with Crippen LogP contribution in [0.2, 0.25) is 0 Å². The lowest BCUT2D eigenvalue weighted by molar-refractivity contribution is -0.123. The maximum absolute atomic E-state index is 14.0. The molecule has 0 aliphatic carbocycles. The summed E-state index contributed by atoms with van der Waals surface area (Å²) in [5.41, 5.74) is 0.100. The predicted octanol–water partition coefficient (Wildman–Crippen LogP) is 9.35. The molecule has 5 heteroatoms. The molecule has 0 fully saturated rings. The van der Waals surface area contributed by atoms with Gasteiger partial charge in [-0.2, -0.15) is 0 Å². The van der Waals surface area contributed by atoms with E-state index in [9.17, 15) is 18.7 Å². The van der Waals surface area contributed by atoms with Crippen molar-refractivity contribution in [1.29, 1.82) is 0 Å². The minimum Gasteiger partial charge on any atom is -0.378 e. The first kappa shape index (κ1) is 33.7. The normalized spacial score (nSPS) is 13.2. The van der Waals surface area contributed by atoms with Crippen molar-refractivity contribution >= 4 is 5.91 Å². The van der Waals surface area contributed by atoms with Gasteiger partial charge in [0.1, 0.15) is 5.60 Å². The van der Waals surface area contributed by atoms with Gasteiger partial charge in [-0.3, -0.25) is 4.79 Å². The minimum absolute atomic E-state index is 0.00782. The molecule has 0 aliphatic rings. The van der Waals surface area contributed by atoms with Gasteiger partial charge in [0, 0.05) is 19.3 Å². The van der Waals surface area contributed by atoms with Crippen LogP contribution in [0.5, 0.6) is 0 Å². The van der Waals surface area contributed by atoms with Gasteiger partial charge >= 0.3 is 0 Å². The zero-order valence-electron chi connectivity index (χ0n) is 24.9. The molecule has 1 atom stereocenters. The van der Waals surface area contributed by atoms with Crippen molar-refractivity contribution in [1.82, 2.24) is 5.32 Å². The summed E-state index contributed by atoms with van der Waals surface area (Å²) in [5, 5.41) is 15.2. The zero-order chi connectivity index (χ0) is 29.3. The van der Waals surface area contributed by atoms with E-state index in [1.54, 1.807) is 0 Å². The van der Waals surface area contributed by atoms with Crippen LogP contribution in [0.1, 0.15) is 115 Å². The number of nitrogens with one attached hydrogen (secondary N) is 1. The number of hydrogen-bond acceptors (Lipinski definition) is 2. The second kappa shape index (κ2) is 18.0. The van der Waals surface area contributed by atoms with Gasteiger partial charge in [-0.25, -0.2) is 8.78 Å². The van der Waals surface area contributed by atoms with Crippen LogP contribution in [0.4, 0.5) is 8.78 Å². The summed E-state index contributed by atoms with van der Waals surface area (Å²) in [7, 11) is 0. The molecule has 1 amide bonds. The fourth-order valence-electron chi connectivity index (χ4n) is 5.32. The first-order chi connectivity index (χ1) is 19.2. The largest absolute Gasteiger partial charge is 0.378 e. The molecule has 0 radical (unpaired) electrons. The van der Waals surface area contributed by atoms with E-state index in [-0.39, 0.29) is 31.1 Å². The zero-order valence-corrected chi connectivity index (χ0v) is 24.9. The van der Waals surface area contributed by atoms with Gasteiger partial charge in [0.2, 0.25) is 11.8 Å². The van der Waals surface area contributed by atoms with Crippen molar-refractivity contribution in [2.45, 2.75) is 122 Å². The molecular weight excluding hydrogens is 504 g/mol. The van der Waals surface area contributed by atoms with E-state index in [1.165, 1.54) is 0 Å². The Kier molecular flexibility index (Phi) is 15.2. The fourth-order valence-corrected chi connectivity index (χ4v) is 5.32. The SMILES string of the molecule is CCCCCCCC(F)(F)CCCCCC/C=C/CC(=O)N[C@@H](C(C)C)C(O)(c1ccccc1)c1ccccc1. The van der Waals surface area contributed by atoms with Crippen molar-refractivity contribution in [3.8, 4) is 0 Å². The highest BCUT2D eigenvalue weighted by atomic mass is 19.3. The molecule has 0 bridgehead atoms. The number of benzene rings is 2. The molecule has 2 N–H and O–H groups in total. The van der Waals surface area contributed by atoms with E-state index >= 15 is 0 Å². The Morgan fingerprint density at radius 3 is 1.80 bits per heavy atom. The molecule has 0 spiro atoms. The molecule has 222 valence electrons. The predicted molar refractivity (Wildman–Crippen MR) is 162 cm³/mol. The van der Waals surface area contributed by atoms with Crippen LogP contribution in [-0.2, 0) is 10.4 Å². The fraction of sp³-hybridized carbons (Fsp3) is 0.571.